The van der Waals surface area contributed by atoms with Gasteiger partial charge in [-0.05, 0) is 48.2 Å². The molecule has 2 heterocycles. The molecule has 1 saturated heterocycles. The average Bonchev–Trinajstić information content (AvgIpc) is 3.35. The predicted molar refractivity (Wildman–Crippen MR) is 104 cm³/mol. The summed E-state index contributed by atoms with van der Waals surface area (Å²) in [6.45, 7) is 0.579. The van der Waals surface area contributed by atoms with Crippen LogP contribution in [-0.2, 0) is 22.4 Å². The molecule has 2 aromatic rings. The molecule has 2 aliphatic rings. The Morgan fingerprint density at radius 1 is 0.862 bits per heavy atom. The van der Waals surface area contributed by atoms with Crippen molar-refractivity contribution in [2.24, 2.45) is 11.8 Å². The lowest BCUT2D eigenvalue weighted by Crippen LogP contribution is -2.20. The molecule has 2 atom stereocenters. The Kier molecular flexibility index (Phi) is 5.38. The van der Waals surface area contributed by atoms with Gasteiger partial charge >= 0.3 is 5.97 Å². The summed E-state index contributed by atoms with van der Waals surface area (Å²) in [6, 6.07) is 9.59. The molecule has 7 nitrogen and oxygen atoms in total. The summed E-state index contributed by atoms with van der Waals surface area (Å²) in [7, 11) is 4.80. The third-order valence-corrected chi connectivity index (χ3v) is 5.43. The van der Waals surface area contributed by atoms with Gasteiger partial charge in [-0.15, -0.1) is 0 Å². The molecule has 2 aromatic carbocycles. The van der Waals surface area contributed by atoms with Crippen molar-refractivity contribution < 1.29 is 33.2 Å². The van der Waals surface area contributed by atoms with Gasteiger partial charge in [0.25, 0.3) is 0 Å². The van der Waals surface area contributed by atoms with E-state index in [1.54, 1.807) is 21.3 Å². The van der Waals surface area contributed by atoms with Gasteiger partial charge in [-0.2, -0.15) is 0 Å². The van der Waals surface area contributed by atoms with Crippen molar-refractivity contribution in [2.45, 2.75) is 12.8 Å². The molecule has 0 aliphatic carbocycles. The minimum absolute atomic E-state index is 0.0562. The van der Waals surface area contributed by atoms with E-state index in [1.807, 2.05) is 30.3 Å². The standard InChI is InChI=1S/C22H24O7/c1-24-17-5-4-13(8-18(17)25-2)7-16-15(11-27-22(16)23)6-14-9-19(26-3)21-20(10-14)28-12-29-21/h4-5,8-10,15-16H,6-7,11-12H2,1-3H3/t15-,16+/m0/s1. The number of carbonyl (C=O) groups is 1. The number of methoxy groups -OCH3 is 3. The third-order valence-electron chi connectivity index (χ3n) is 5.43. The molecule has 0 bridgehead atoms. The average molecular weight is 400 g/mol. The van der Waals surface area contributed by atoms with Crippen molar-refractivity contribution in [3.05, 3.63) is 41.5 Å². The summed E-state index contributed by atoms with van der Waals surface area (Å²) in [5.41, 5.74) is 2.02. The van der Waals surface area contributed by atoms with Crippen molar-refractivity contribution in [1.82, 2.24) is 0 Å². The smallest absolute Gasteiger partial charge is 0.309 e. The zero-order valence-electron chi connectivity index (χ0n) is 16.7. The van der Waals surface area contributed by atoms with Gasteiger partial charge in [-0.25, -0.2) is 0 Å². The number of cyclic esters (lactones) is 1. The van der Waals surface area contributed by atoms with Gasteiger partial charge in [-0.1, -0.05) is 6.07 Å². The van der Waals surface area contributed by atoms with Crippen LogP contribution in [0.15, 0.2) is 30.3 Å². The Morgan fingerprint density at radius 2 is 1.62 bits per heavy atom. The summed E-state index contributed by atoms with van der Waals surface area (Å²) < 4.78 is 32.4. The lowest BCUT2D eigenvalue weighted by molar-refractivity contribution is -0.141. The first kappa shape index (κ1) is 19.2. The van der Waals surface area contributed by atoms with Crippen molar-refractivity contribution in [3.8, 4) is 28.7 Å². The Bertz CT molecular complexity index is 908. The molecular weight excluding hydrogens is 376 g/mol. The van der Waals surface area contributed by atoms with Crippen LogP contribution in [0.2, 0.25) is 0 Å². The molecule has 0 unspecified atom stereocenters. The van der Waals surface area contributed by atoms with E-state index in [0.29, 0.717) is 48.2 Å². The summed E-state index contributed by atoms with van der Waals surface area (Å²) >= 11 is 0. The highest BCUT2D eigenvalue weighted by Gasteiger charge is 2.37. The molecule has 0 spiro atoms. The summed E-state index contributed by atoms with van der Waals surface area (Å²) in [4.78, 5) is 12.4. The first-order valence-electron chi connectivity index (χ1n) is 9.47. The number of benzene rings is 2. The van der Waals surface area contributed by atoms with Crippen molar-refractivity contribution >= 4 is 5.97 Å². The summed E-state index contributed by atoms with van der Waals surface area (Å²) in [5, 5.41) is 0. The van der Waals surface area contributed by atoms with Gasteiger partial charge in [0.2, 0.25) is 12.5 Å². The second-order valence-corrected chi connectivity index (χ2v) is 7.13. The molecule has 2 aliphatic heterocycles. The summed E-state index contributed by atoms with van der Waals surface area (Å²) in [6.07, 6.45) is 1.25. The van der Waals surface area contributed by atoms with E-state index >= 15 is 0 Å². The number of carbonyl (C=O) groups excluding carboxylic acids is 1. The highest BCUT2D eigenvalue weighted by Crippen LogP contribution is 2.43. The van der Waals surface area contributed by atoms with Crippen LogP contribution in [0.3, 0.4) is 0 Å². The molecule has 0 saturated carbocycles. The molecular formula is C22H24O7. The van der Waals surface area contributed by atoms with Gasteiger partial charge in [-0.3, -0.25) is 4.79 Å². The predicted octanol–water partition coefficient (Wildman–Crippen LogP) is 3.02. The first-order chi connectivity index (χ1) is 14.1. The first-order valence-corrected chi connectivity index (χ1v) is 9.47. The van der Waals surface area contributed by atoms with E-state index < -0.39 is 0 Å². The Hall–Kier alpha value is -3.09. The number of fused-ring (bicyclic) bond motifs is 1. The Labute approximate surface area is 169 Å². The van der Waals surface area contributed by atoms with Gasteiger partial charge in [0, 0.05) is 5.92 Å². The fraction of sp³-hybridized carbons (Fsp3) is 0.409. The molecule has 4 rings (SSSR count). The maximum Gasteiger partial charge on any atom is 0.309 e. The van der Waals surface area contributed by atoms with E-state index in [9.17, 15) is 4.79 Å². The van der Waals surface area contributed by atoms with Crippen LogP contribution in [0, 0.1) is 11.8 Å². The Morgan fingerprint density at radius 3 is 2.38 bits per heavy atom. The zero-order valence-corrected chi connectivity index (χ0v) is 16.7. The van der Waals surface area contributed by atoms with Crippen LogP contribution in [0.1, 0.15) is 11.1 Å². The number of esters is 1. The van der Waals surface area contributed by atoms with Crippen LogP contribution in [0.25, 0.3) is 0 Å². The fourth-order valence-electron chi connectivity index (χ4n) is 3.92. The second kappa shape index (κ2) is 8.11. The molecule has 0 N–H and O–H groups in total. The van der Waals surface area contributed by atoms with Gasteiger partial charge in [0.1, 0.15) is 0 Å². The van der Waals surface area contributed by atoms with E-state index in [4.69, 9.17) is 28.4 Å². The zero-order chi connectivity index (χ0) is 20.4. The van der Waals surface area contributed by atoms with Crippen molar-refractivity contribution in [1.29, 1.82) is 0 Å². The number of ether oxygens (including phenoxy) is 6. The van der Waals surface area contributed by atoms with Gasteiger partial charge in [0.15, 0.2) is 23.0 Å². The Balaban J connectivity index is 1.53. The SMILES string of the molecule is COc1ccc(C[C@H]2C(=O)OC[C@@H]2Cc2cc(OC)c3c(c2)OCO3)cc1OC. The van der Waals surface area contributed by atoms with Crippen molar-refractivity contribution in [3.63, 3.8) is 0 Å². The largest absolute Gasteiger partial charge is 0.493 e. The van der Waals surface area contributed by atoms with Gasteiger partial charge < -0.3 is 28.4 Å². The quantitative estimate of drug-likeness (QED) is 0.662. The van der Waals surface area contributed by atoms with E-state index in [2.05, 4.69) is 0 Å². The van der Waals surface area contributed by atoms with Crippen LogP contribution >= 0.6 is 0 Å². The minimum atomic E-state index is -0.232. The summed E-state index contributed by atoms with van der Waals surface area (Å²) in [5.74, 6) is 2.89. The number of hydrogen-bond acceptors (Lipinski definition) is 7. The van der Waals surface area contributed by atoms with Crippen LogP contribution in [0.4, 0.5) is 0 Å². The third kappa shape index (κ3) is 3.77. The van der Waals surface area contributed by atoms with Crippen LogP contribution in [0.5, 0.6) is 28.7 Å². The van der Waals surface area contributed by atoms with E-state index in [0.717, 1.165) is 11.1 Å². The lowest BCUT2D eigenvalue weighted by atomic mass is 9.85. The lowest BCUT2D eigenvalue weighted by Gasteiger charge is -2.17. The minimum Gasteiger partial charge on any atom is -0.493 e. The molecule has 29 heavy (non-hydrogen) atoms. The van der Waals surface area contributed by atoms with Crippen LogP contribution in [-0.4, -0.2) is 40.7 Å². The van der Waals surface area contributed by atoms with Crippen molar-refractivity contribution in [2.75, 3.05) is 34.7 Å². The van der Waals surface area contributed by atoms with Crippen LogP contribution < -0.4 is 23.7 Å². The second-order valence-electron chi connectivity index (χ2n) is 7.13. The molecule has 154 valence electrons. The van der Waals surface area contributed by atoms with Gasteiger partial charge in [0.05, 0.1) is 33.9 Å². The fourth-order valence-corrected chi connectivity index (χ4v) is 3.92. The molecule has 0 amide bonds. The van der Waals surface area contributed by atoms with E-state index in [1.165, 1.54) is 0 Å². The maximum absolute atomic E-state index is 12.4. The maximum atomic E-state index is 12.4. The highest BCUT2D eigenvalue weighted by atomic mass is 16.7. The number of hydrogen-bond donors (Lipinski definition) is 0. The molecule has 0 radical (unpaired) electrons. The molecule has 7 heteroatoms. The molecule has 1 fully saturated rings. The van der Waals surface area contributed by atoms with E-state index in [-0.39, 0.29) is 24.6 Å². The topological polar surface area (TPSA) is 72.5 Å². The normalized spacial score (nSPS) is 19.8. The number of rotatable bonds is 7. The monoisotopic (exact) mass is 400 g/mol. The highest BCUT2D eigenvalue weighted by molar-refractivity contribution is 5.75. The molecule has 0 aromatic heterocycles.